The van der Waals surface area contributed by atoms with Gasteiger partial charge in [0.1, 0.15) is 0 Å². The number of piperazine rings is 1. The first-order valence-electron chi connectivity index (χ1n) is 6.12. The molecule has 1 aliphatic rings. The summed E-state index contributed by atoms with van der Waals surface area (Å²) in [7, 11) is 1.58. The molecule has 1 rings (SSSR count). The van der Waals surface area contributed by atoms with E-state index in [1.54, 1.807) is 11.9 Å². The normalized spacial score (nSPS) is 19.8. The number of likely N-dealkylation sites (N-methyl/N-ethyl adjacent to an activating group) is 1. The predicted octanol–water partition coefficient (Wildman–Crippen LogP) is -1.47. The van der Waals surface area contributed by atoms with Crippen molar-refractivity contribution in [2.24, 2.45) is 0 Å². The lowest BCUT2D eigenvalue weighted by atomic mass is 10.2. The molecule has 1 unspecified atom stereocenters. The van der Waals surface area contributed by atoms with Gasteiger partial charge in [-0.25, -0.2) is 0 Å². The van der Waals surface area contributed by atoms with Crippen LogP contribution < -0.4 is 16.0 Å². The zero-order chi connectivity index (χ0) is 12.7. The molecule has 6 heteroatoms. The maximum Gasteiger partial charge on any atom is 0.241 e. The molecular formula is C11H22N4O2. The predicted molar refractivity (Wildman–Crippen MR) is 65.6 cm³/mol. The van der Waals surface area contributed by atoms with Gasteiger partial charge in [0.2, 0.25) is 11.8 Å². The lowest BCUT2D eigenvalue weighted by molar-refractivity contribution is -0.137. The summed E-state index contributed by atoms with van der Waals surface area (Å²) < 4.78 is 0. The summed E-state index contributed by atoms with van der Waals surface area (Å²) in [5, 5.41) is 8.88. The van der Waals surface area contributed by atoms with Crippen LogP contribution in [-0.2, 0) is 9.59 Å². The molecule has 6 nitrogen and oxygen atoms in total. The van der Waals surface area contributed by atoms with Gasteiger partial charge in [-0.2, -0.15) is 0 Å². The van der Waals surface area contributed by atoms with Crippen LogP contribution >= 0.6 is 0 Å². The number of hydrogen-bond donors (Lipinski definition) is 3. The Morgan fingerprint density at radius 3 is 2.71 bits per heavy atom. The van der Waals surface area contributed by atoms with Crippen LogP contribution in [0.3, 0.4) is 0 Å². The van der Waals surface area contributed by atoms with Crippen LogP contribution in [0, 0.1) is 0 Å². The summed E-state index contributed by atoms with van der Waals surface area (Å²) in [5.74, 6) is -0.127. The van der Waals surface area contributed by atoms with Gasteiger partial charge < -0.3 is 20.9 Å². The van der Waals surface area contributed by atoms with Gasteiger partial charge in [0.25, 0.3) is 0 Å². The highest BCUT2D eigenvalue weighted by Crippen LogP contribution is 1.99. The molecule has 0 saturated carbocycles. The fourth-order valence-corrected chi connectivity index (χ4v) is 1.84. The van der Waals surface area contributed by atoms with Crippen molar-refractivity contribution in [3.8, 4) is 0 Å². The molecule has 1 aliphatic heterocycles. The molecule has 1 fully saturated rings. The van der Waals surface area contributed by atoms with Crippen molar-refractivity contribution in [3.63, 3.8) is 0 Å². The van der Waals surface area contributed by atoms with E-state index >= 15 is 0 Å². The van der Waals surface area contributed by atoms with Crippen molar-refractivity contribution in [1.29, 1.82) is 0 Å². The zero-order valence-electron chi connectivity index (χ0n) is 10.6. The number of carbonyl (C=O) groups is 2. The van der Waals surface area contributed by atoms with Gasteiger partial charge in [-0.15, -0.1) is 0 Å². The van der Waals surface area contributed by atoms with E-state index in [-0.39, 0.29) is 24.4 Å². The average Bonchev–Trinajstić information content (AvgIpc) is 2.38. The van der Waals surface area contributed by atoms with E-state index in [4.69, 9.17) is 0 Å². The number of nitrogens with one attached hydrogen (secondary N) is 3. The van der Waals surface area contributed by atoms with Crippen molar-refractivity contribution in [2.45, 2.75) is 19.4 Å². The molecule has 2 amide bonds. The average molecular weight is 242 g/mol. The Labute approximate surface area is 102 Å². The molecule has 0 radical (unpaired) electrons. The lowest BCUT2D eigenvalue weighted by Crippen LogP contribution is -2.57. The second-order valence-electron chi connectivity index (χ2n) is 4.14. The smallest absolute Gasteiger partial charge is 0.241 e. The molecule has 0 aromatic heterocycles. The van der Waals surface area contributed by atoms with Gasteiger partial charge in [0.05, 0.1) is 12.6 Å². The largest absolute Gasteiger partial charge is 0.358 e. The van der Waals surface area contributed by atoms with Crippen LogP contribution in [0.25, 0.3) is 0 Å². The summed E-state index contributed by atoms with van der Waals surface area (Å²) in [4.78, 5) is 25.1. The van der Waals surface area contributed by atoms with Crippen LogP contribution in [0.4, 0.5) is 0 Å². The minimum absolute atomic E-state index is 0.00245. The number of amides is 2. The molecule has 1 saturated heterocycles. The maximum absolute atomic E-state index is 12.2. The zero-order valence-corrected chi connectivity index (χ0v) is 10.6. The lowest BCUT2D eigenvalue weighted by Gasteiger charge is -2.29. The Hall–Kier alpha value is -1.14. The van der Waals surface area contributed by atoms with Gasteiger partial charge in [0.15, 0.2) is 0 Å². The maximum atomic E-state index is 12.2. The number of nitrogens with zero attached hydrogens (tertiary/aromatic N) is 1. The molecular weight excluding hydrogens is 220 g/mol. The van der Waals surface area contributed by atoms with Crippen LogP contribution in [0.15, 0.2) is 0 Å². The topological polar surface area (TPSA) is 73.5 Å². The van der Waals surface area contributed by atoms with E-state index in [9.17, 15) is 9.59 Å². The molecule has 17 heavy (non-hydrogen) atoms. The summed E-state index contributed by atoms with van der Waals surface area (Å²) in [5.41, 5.74) is 0. The second kappa shape index (κ2) is 7.24. The standard InChI is InChI=1S/C11H22N4O2/c1-3-6-15(8-10(16)12-2)11(17)9-7-13-4-5-14-9/h9,13-14H,3-8H2,1-2H3,(H,12,16). The van der Waals surface area contributed by atoms with Crippen LogP contribution in [-0.4, -0.2) is 62.5 Å². The molecule has 0 spiro atoms. The quantitative estimate of drug-likeness (QED) is 0.550. The van der Waals surface area contributed by atoms with Crippen molar-refractivity contribution >= 4 is 11.8 Å². The molecule has 0 bridgehead atoms. The van der Waals surface area contributed by atoms with Gasteiger partial charge >= 0.3 is 0 Å². The van der Waals surface area contributed by atoms with Crippen LogP contribution in [0.2, 0.25) is 0 Å². The minimum Gasteiger partial charge on any atom is -0.358 e. The summed E-state index contributed by atoms with van der Waals surface area (Å²) in [6.07, 6.45) is 0.850. The highest BCUT2D eigenvalue weighted by Gasteiger charge is 2.26. The molecule has 0 aromatic rings. The first-order valence-corrected chi connectivity index (χ1v) is 6.12. The fourth-order valence-electron chi connectivity index (χ4n) is 1.84. The van der Waals surface area contributed by atoms with Gasteiger partial charge in [0, 0.05) is 33.2 Å². The highest BCUT2D eigenvalue weighted by molar-refractivity contribution is 5.87. The molecule has 1 atom stereocenters. The highest BCUT2D eigenvalue weighted by atomic mass is 16.2. The first kappa shape index (κ1) is 13.9. The number of rotatable bonds is 5. The van der Waals surface area contributed by atoms with E-state index < -0.39 is 0 Å². The Morgan fingerprint density at radius 1 is 1.41 bits per heavy atom. The molecule has 3 N–H and O–H groups in total. The molecule has 0 aliphatic carbocycles. The third-order valence-electron chi connectivity index (χ3n) is 2.76. The van der Waals surface area contributed by atoms with Crippen molar-refractivity contribution in [3.05, 3.63) is 0 Å². The third-order valence-corrected chi connectivity index (χ3v) is 2.76. The molecule has 0 aromatic carbocycles. The fraction of sp³-hybridized carbons (Fsp3) is 0.818. The van der Waals surface area contributed by atoms with Crippen LogP contribution in [0.1, 0.15) is 13.3 Å². The Bertz CT molecular complexity index is 264. The van der Waals surface area contributed by atoms with Crippen molar-refractivity contribution < 1.29 is 9.59 Å². The van der Waals surface area contributed by atoms with Crippen LogP contribution in [0.5, 0.6) is 0 Å². The van der Waals surface area contributed by atoms with Crippen molar-refractivity contribution in [2.75, 3.05) is 39.8 Å². The van der Waals surface area contributed by atoms with E-state index in [2.05, 4.69) is 16.0 Å². The summed E-state index contributed by atoms with van der Waals surface area (Å²) in [6.45, 7) is 5.05. The van der Waals surface area contributed by atoms with Gasteiger partial charge in [-0.05, 0) is 6.42 Å². The number of hydrogen-bond acceptors (Lipinski definition) is 4. The number of carbonyl (C=O) groups excluding carboxylic acids is 2. The second-order valence-corrected chi connectivity index (χ2v) is 4.14. The third kappa shape index (κ3) is 4.32. The minimum atomic E-state index is -0.208. The molecule has 1 heterocycles. The van der Waals surface area contributed by atoms with Gasteiger partial charge in [-0.1, -0.05) is 6.92 Å². The SMILES string of the molecule is CCCN(CC(=O)NC)C(=O)C1CNCCN1. The van der Waals surface area contributed by atoms with Gasteiger partial charge in [-0.3, -0.25) is 9.59 Å². The Morgan fingerprint density at radius 2 is 2.18 bits per heavy atom. The Balaban J connectivity index is 2.55. The van der Waals surface area contributed by atoms with Crippen molar-refractivity contribution in [1.82, 2.24) is 20.9 Å². The molecule has 98 valence electrons. The summed E-state index contributed by atoms with van der Waals surface area (Å²) in [6, 6.07) is -0.208. The van der Waals surface area contributed by atoms with E-state index in [0.29, 0.717) is 13.1 Å². The van der Waals surface area contributed by atoms with E-state index in [0.717, 1.165) is 19.5 Å². The van der Waals surface area contributed by atoms with E-state index in [1.807, 2.05) is 6.92 Å². The first-order chi connectivity index (χ1) is 8.19. The Kier molecular flexibility index (Phi) is 5.93. The van der Waals surface area contributed by atoms with E-state index in [1.165, 1.54) is 0 Å². The summed E-state index contributed by atoms with van der Waals surface area (Å²) >= 11 is 0. The monoisotopic (exact) mass is 242 g/mol.